The van der Waals surface area contributed by atoms with Crippen LogP contribution in [0.2, 0.25) is 0 Å². The molecule has 0 atom stereocenters. The summed E-state index contributed by atoms with van der Waals surface area (Å²) in [6.07, 6.45) is 0. The Morgan fingerprint density at radius 2 is 1.94 bits per heavy atom. The third-order valence-electron chi connectivity index (χ3n) is 1.99. The molecule has 0 aromatic heterocycles. The van der Waals surface area contributed by atoms with Gasteiger partial charge < -0.3 is 20.1 Å². The summed E-state index contributed by atoms with van der Waals surface area (Å²) in [5.41, 5.74) is 0.516. The summed E-state index contributed by atoms with van der Waals surface area (Å²) in [5.74, 6) is -0.954. The summed E-state index contributed by atoms with van der Waals surface area (Å²) >= 11 is 0. The van der Waals surface area contributed by atoms with E-state index in [0.717, 1.165) is 0 Å². The molecule has 1 rings (SSSR count). The number of carbonyl (C=O) groups excluding carboxylic acids is 2. The molecule has 0 unspecified atom stereocenters. The number of hydrogen-bond donors (Lipinski definition) is 3. The molecule has 1 amide bonds. The van der Waals surface area contributed by atoms with Gasteiger partial charge in [0.15, 0.2) is 0 Å². The Bertz CT molecular complexity index is 446. The van der Waals surface area contributed by atoms with E-state index in [1.165, 1.54) is 32.2 Å². The monoisotopic (exact) mass is 237 g/mol. The lowest BCUT2D eigenvalue weighted by molar-refractivity contribution is -0.114. The molecule has 0 bridgehead atoms. The number of methoxy groups -OCH3 is 1. The summed E-state index contributed by atoms with van der Waals surface area (Å²) in [4.78, 5) is 22.2. The van der Waals surface area contributed by atoms with Crippen molar-refractivity contribution in [2.45, 2.75) is 6.92 Å². The second-order valence-electron chi connectivity index (χ2n) is 3.39. The van der Waals surface area contributed by atoms with Gasteiger partial charge in [0, 0.05) is 12.6 Å². The van der Waals surface area contributed by atoms with E-state index in [2.05, 4.69) is 10.1 Å². The second kappa shape index (κ2) is 5.47. The lowest BCUT2D eigenvalue weighted by Crippen LogP contribution is -2.31. The fraction of sp³-hybridized carbons (Fsp3) is 0.200. The van der Waals surface area contributed by atoms with Crippen molar-refractivity contribution in [2.75, 3.05) is 12.4 Å². The molecule has 17 heavy (non-hydrogen) atoms. The van der Waals surface area contributed by atoms with Gasteiger partial charge in [-0.05, 0) is 23.7 Å². The minimum absolute atomic E-state index is 0.0941. The first kappa shape index (κ1) is 13.2. The lowest BCUT2D eigenvalue weighted by atomic mass is 9.79. The van der Waals surface area contributed by atoms with Gasteiger partial charge in [-0.25, -0.2) is 4.79 Å². The highest BCUT2D eigenvalue weighted by molar-refractivity contribution is 6.58. The maximum atomic E-state index is 11.3. The number of benzene rings is 1. The van der Waals surface area contributed by atoms with Crippen LogP contribution in [0.5, 0.6) is 0 Å². The molecule has 0 saturated heterocycles. The minimum Gasteiger partial charge on any atom is -0.465 e. The quantitative estimate of drug-likeness (QED) is 0.468. The van der Waals surface area contributed by atoms with E-state index in [1.807, 2.05) is 0 Å². The zero-order valence-electron chi connectivity index (χ0n) is 9.43. The molecule has 1 aromatic rings. The number of ether oxygens (including phenoxy) is 1. The Morgan fingerprint density at radius 1 is 1.29 bits per heavy atom. The molecule has 0 heterocycles. The van der Waals surface area contributed by atoms with Gasteiger partial charge >= 0.3 is 13.1 Å². The molecular formula is C10H12BNO5. The van der Waals surface area contributed by atoms with E-state index in [-0.39, 0.29) is 16.9 Å². The largest absolute Gasteiger partial charge is 0.488 e. The van der Waals surface area contributed by atoms with Crippen LogP contribution >= 0.6 is 0 Å². The van der Waals surface area contributed by atoms with Crippen molar-refractivity contribution in [3.63, 3.8) is 0 Å². The zero-order chi connectivity index (χ0) is 13.0. The number of nitrogens with one attached hydrogen (secondary N) is 1. The number of hydrogen-bond acceptors (Lipinski definition) is 5. The van der Waals surface area contributed by atoms with Gasteiger partial charge in [-0.15, -0.1) is 0 Å². The van der Waals surface area contributed by atoms with E-state index in [1.54, 1.807) is 0 Å². The number of anilines is 1. The zero-order valence-corrected chi connectivity index (χ0v) is 9.43. The molecule has 7 heteroatoms. The summed E-state index contributed by atoms with van der Waals surface area (Å²) in [7, 11) is -0.519. The van der Waals surface area contributed by atoms with Crippen LogP contribution < -0.4 is 10.8 Å². The van der Waals surface area contributed by atoms with Crippen molar-refractivity contribution >= 4 is 30.1 Å². The highest BCUT2D eigenvalue weighted by Crippen LogP contribution is 2.10. The Kier molecular flexibility index (Phi) is 4.25. The molecule has 0 spiro atoms. The number of carbonyl (C=O) groups is 2. The average molecular weight is 237 g/mol. The van der Waals surface area contributed by atoms with E-state index in [4.69, 9.17) is 10.0 Å². The third-order valence-corrected chi connectivity index (χ3v) is 1.99. The summed E-state index contributed by atoms with van der Waals surface area (Å²) in [5, 5.41) is 20.6. The van der Waals surface area contributed by atoms with Crippen molar-refractivity contribution in [1.29, 1.82) is 0 Å². The SMILES string of the molecule is COC(=O)c1cc(NC(C)=O)cc(B(O)O)c1. The van der Waals surface area contributed by atoms with E-state index in [9.17, 15) is 9.59 Å². The van der Waals surface area contributed by atoms with E-state index >= 15 is 0 Å². The summed E-state index contributed by atoms with van der Waals surface area (Å²) < 4.78 is 4.52. The van der Waals surface area contributed by atoms with Gasteiger partial charge in [0.25, 0.3) is 0 Å². The normalized spacial score (nSPS) is 9.65. The van der Waals surface area contributed by atoms with Crippen LogP contribution in [0.3, 0.4) is 0 Å². The molecule has 90 valence electrons. The predicted octanol–water partition coefficient (Wildman–Crippen LogP) is -0.889. The van der Waals surface area contributed by atoms with Crippen molar-refractivity contribution in [2.24, 2.45) is 0 Å². The molecule has 6 nitrogen and oxygen atoms in total. The Hall–Kier alpha value is -1.86. The van der Waals surface area contributed by atoms with Gasteiger partial charge in [0.2, 0.25) is 5.91 Å². The van der Waals surface area contributed by atoms with Gasteiger partial charge in [0.05, 0.1) is 12.7 Å². The Labute approximate surface area is 98.4 Å². The van der Waals surface area contributed by atoms with Gasteiger partial charge in [0.1, 0.15) is 0 Å². The second-order valence-corrected chi connectivity index (χ2v) is 3.39. The molecule has 0 aliphatic heterocycles. The first-order valence-corrected chi connectivity index (χ1v) is 4.81. The number of amides is 1. The molecule has 0 aliphatic carbocycles. The smallest absolute Gasteiger partial charge is 0.465 e. The lowest BCUT2D eigenvalue weighted by Gasteiger charge is -2.08. The average Bonchev–Trinajstić information content (AvgIpc) is 2.26. The fourth-order valence-corrected chi connectivity index (χ4v) is 1.31. The Balaban J connectivity index is 3.18. The third kappa shape index (κ3) is 3.58. The standard InChI is InChI=1S/C10H12BNO5/c1-6(13)12-9-4-7(10(14)17-2)3-8(5-9)11(15)16/h3-5,15-16H,1-2H3,(H,12,13). The molecule has 1 aromatic carbocycles. The molecule has 0 aliphatic rings. The van der Waals surface area contributed by atoms with Crippen molar-refractivity contribution in [3.05, 3.63) is 23.8 Å². The van der Waals surface area contributed by atoms with Crippen LogP contribution in [0.25, 0.3) is 0 Å². The van der Waals surface area contributed by atoms with Crippen LogP contribution in [-0.2, 0) is 9.53 Å². The summed E-state index contributed by atoms with van der Waals surface area (Å²) in [6.45, 7) is 1.31. The fourth-order valence-electron chi connectivity index (χ4n) is 1.31. The van der Waals surface area contributed by atoms with E-state index < -0.39 is 13.1 Å². The van der Waals surface area contributed by atoms with Crippen molar-refractivity contribution in [3.8, 4) is 0 Å². The molecular weight excluding hydrogens is 225 g/mol. The minimum atomic E-state index is -1.73. The highest BCUT2D eigenvalue weighted by atomic mass is 16.5. The highest BCUT2D eigenvalue weighted by Gasteiger charge is 2.16. The van der Waals surface area contributed by atoms with E-state index in [0.29, 0.717) is 5.69 Å². The molecule has 0 radical (unpaired) electrons. The van der Waals surface area contributed by atoms with Crippen LogP contribution in [0.15, 0.2) is 18.2 Å². The molecule has 0 fully saturated rings. The van der Waals surface area contributed by atoms with Crippen LogP contribution in [-0.4, -0.2) is 36.2 Å². The van der Waals surface area contributed by atoms with Crippen molar-refractivity contribution < 1.29 is 24.4 Å². The van der Waals surface area contributed by atoms with Crippen LogP contribution in [0.1, 0.15) is 17.3 Å². The molecule has 3 N–H and O–H groups in total. The van der Waals surface area contributed by atoms with Gasteiger partial charge in [-0.3, -0.25) is 4.79 Å². The first-order valence-electron chi connectivity index (χ1n) is 4.81. The molecule has 0 saturated carbocycles. The Morgan fingerprint density at radius 3 is 2.41 bits per heavy atom. The van der Waals surface area contributed by atoms with Crippen molar-refractivity contribution in [1.82, 2.24) is 0 Å². The first-order chi connectivity index (χ1) is 7.93. The van der Waals surface area contributed by atoms with Gasteiger partial charge in [-0.2, -0.15) is 0 Å². The van der Waals surface area contributed by atoms with Gasteiger partial charge in [-0.1, -0.05) is 0 Å². The summed E-state index contributed by atoms with van der Waals surface area (Å²) in [6, 6.07) is 4.03. The number of rotatable bonds is 3. The topological polar surface area (TPSA) is 95.9 Å². The maximum absolute atomic E-state index is 11.3. The van der Waals surface area contributed by atoms with Crippen LogP contribution in [0.4, 0.5) is 5.69 Å². The number of esters is 1. The predicted molar refractivity (Wildman–Crippen MR) is 61.9 cm³/mol. The maximum Gasteiger partial charge on any atom is 0.488 e. The van der Waals surface area contributed by atoms with Crippen LogP contribution in [0, 0.1) is 0 Å².